The number of aromatic carboxylic acids is 1. The lowest BCUT2D eigenvalue weighted by Gasteiger charge is -1.95. The maximum Gasteiger partial charge on any atom is 0.356 e. The predicted molar refractivity (Wildman–Crippen MR) is 66.5 cm³/mol. The fourth-order valence-corrected chi connectivity index (χ4v) is 3.10. The van der Waals surface area contributed by atoms with E-state index in [1.54, 1.807) is 11.3 Å². The molecular weight excluding hydrogens is 242 g/mol. The van der Waals surface area contributed by atoms with Crippen LogP contribution in [0.5, 0.6) is 0 Å². The number of hydrogen-bond acceptors (Lipinski definition) is 4. The van der Waals surface area contributed by atoms with E-state index in [0.717, 1.165) is 15.4 Å². The van der Waals surface area contributed by atoms with Gasteiger partial charge in [-0.3, -0.25) is 0 Å². The van der Waals surface area contributed by atoms with Crippen LogP contribution in [-0.4, -0.2) is 16.1 Å². The van der Waals surface area contributed by atoms with E-state index in [1.807, 2.05) is 30.7 Å². The van der Waals surface area contributed by atoms with Crippen LogP contribution >= 0.6 is 22.7 Å². The Balaban J connectivity index is 2.55. The average molecular weight is 253 g/mol. The maximum absolute atomic E-state index is 11.1. The van der Waals surface area contributed by atoms with Gasteiger partial charge in [0.15, 0.2) is 5.69 Å². The van der Waals surface area contributed by atoms with Crippen molar-refractivity contribution < 1.29 is 9.90 Å². The molecule has 84 valence electrons. The fourth-order valence-electron chi connectivity index (χ4n) is 1.32. The molecule has 0 aliphatic rings. The number of thiazole rings is 1. The van der Waals surface area contributed by atoms with E-state index in [9.17, 15) is 4.79 Å². The Morgan fingerprint density at radius 1 is 1.50 bits per heavy atom. The highest BCUT2D eigenvalue weighted by atomic mass is 32.1. The first-order valence-electron chi connectivity index (χ1n) is 4.86. The van der Waals surface area contributed by atoms with E-state index in [-0.39, 0.29) is 11.6 Å². The summed E-state index contributed by atoms with van der Waals surface area (Å²) in [6.07, 6.45) is 0. The lowest BCUT2D eigenvalue weighted by Crippen LogP contribution is -1.99. The topological polar surface area (TPSA) is 50.2 Å². The minimum absolute atomic E-state index is 0.173. The van der Waals surface area contributed by atoms with E-state index in [4.69, 9.17) is 5.11 Å². The third-order valence-electron chi connectivity index (χ3n) is 2.12. The van der Waals surface area contributed by atoms with Crippen molar-refractivity contribution >= 4 is 28.6 Å². The summed E-state index contributed by atoms with van der Waals surface area (Å²) in [5, 5.41) is 13.9. The molecule has 0 aliphatic heterocycles. The Bertz CT molecular complexity index is 500. The Kier molecular flexibility index (Phi) is 3.07. The number of hydrogen-bond donors (Lipinski definition) is 1. The maximum atomic E-state index is 11.1. The summed E-state index contributed by atoms with van der Waals surface area (Å²) >= 11 is 3.03. The molecule has 0 saturated carbocycles. The molecule has 2 rings (SSSR count). The van der Waals surface area contributed by atoms with Crippen LogP contribution in [0.2, 0.25) is 0 Å². The van der Waals surface area contributed by atoms with Gasteiger partial charge < -0.3 is 5.11 Å². The summed E-state index contributed by atoms with van der Waals surface area (Å²) in [6.45, 7) is 4.03. The lowest BCUT2D eigenvalue weighted by molar-refractivity contribution is 0.0692. The molecule has 3 nitrogen and oxygen atoms in total. The average Bonchev–Trinajstić information content (AvgIpc) is 2.86. The van der Waals surface area contributed by atoms with Gasteiger partial charge in [-0.25, -0.2) is 9.78 Å². The summed E-state index contributed by atoms with van der Waals surface area (Å²) in [6, 6.07) is 1.93. The van der Waals surface area contributed by atoms with Gasteiger partial charge >= 0.3 is 5.97 Å². The van der Waals surface area contributed by atoms with Crippen molar-refractivity contribution in [2.24, 2.45) is 0 Å². The Morgan fingerprint density at radius 3 is 2.75 bits per heavy atom. The number of carboxylic acid groups (broad SMARTS) is 1. The fraction of sp³-hybridized carbons (Fsp3) is 0.273. The summed E-state index contributed by atoms with van der Waals surface area (Å²) in [5.74, 6) is -0.695. The van der Waals surface area contributed by atoms with E-state index in [0.29, 0.717) is 0 Å². The number of rotatable bonds is 3. The monoisotopic (exact) mass is 253 g/mol. The van der Waals surface area contributed by atoms with Gasteiger partial charge in [0.25, 0.3) is 0 Å². The second-order valence-electron chi connectivity index (χ2n) is 3.70. The van der Waals surface area contributed by atoms with Gasteiger partial charge in [0.2, 0.25) is 0 Å². The van der Waals surface area contributed by atoms with Crippen LogP contribution in [0.25, 0.3) is 10.4 Å². The molecule has 0 unspecified atom stereocenters. The van der Waals surface area contributed by atoms with Crippen LogP contribution in [0.3, 0.4) is 0 Å². The van der Waals surface area contributed by atoms with Gasteiger partial charge in [-0.2, -0.15) is 11.3 Å². The highest BCUT2D eigenvalue weighted by Crippen LogP contribution is 2.34. The molecule has 0 fully saturated rings. The zero-order chi connectivity index (χ0) is 11.7. The largest absolute Gasteiger partial charge is 0.476 e. The second-order valence-corrected chi connectivity index (χ2v) is 5.51. The number of carboxylic acids is 1. The van der Waals surface area contributed by atoms with E-state index >= 15 is 0 Å². The van der Waals surface area contributed by atoms with Gasteiger partial charge in [0, 0.05) is 11.5 Å². The molecule has 0 aromatic carbocycles. The zero-order valence-corrected chi connectivity index (χ0v) is 10.6. The first kappa shape index (κ1) is 11.3. The van der Waals surface area contributed by atoms with Crippen LogP contribution in [0.15, 0.2) is 16.8 Å². The summed E-state index contributed by atoms with van der Waals surface area (Å²) < 4.78 is 0. The molecule has 16 heavy (non-hydrogen) atoms. The number of carbonyl (C=O) groups is 1. The van der Waals surface area contributed by atoms with Crippen LogP contribution in [0, 0.1) is 0 Å². The molecular formula is C11H11NO2S2. The quantitative estimate of drug-likeness (QED) is 0.907. The third-order valence-corrected chi connectivity index (χ3v) is 4.21. The molecule has 2 aromatic heterocycles. The van der Waals surface area contributed by atoms with Crippen LogP contribution < -0.4 is 0 Å². The standard InChI is InChI=1S/C11H11NO2S2/c1-6(2)10-12-8(11(13)14)9(16-10)7-3-4-15-5-7/h3-6H,1-2H3,(H,13,14). The predicted octanol–water partition coefficient (Wildman–Crippen LogP) is 3.69. The van der Waals surface area contributed by atoms with Gasteiger partial charge in [-0.1, -0.05) is 13.8 Å². The smallest absolute Gasteiger partial charge is 0.356 e. The van der Waals surface area contributed by atoms with Crippen LogP contribution in [0.1, 0.15) is 35.3 Å². The molecule has 0 radical (unpaired) electrons. The molecule has 0 amide bonds. The van der Waals surface area contributed by atoms with Crippen molar-refractivity contribution in [3.05, 3.63) is 27.5 Å². The summed E-state index contributed by atoms with van der Waals surface area (Å²) in [4.78, 5) is 16.1. The minimum Gasteiger partial charge on any atom is -0.476 e. The van der Waals surface area contributed by atoms with Crippen molar-refractivity contribution in [3.63, 3.8) is 0 Å². The zero-order valence-electron chi connectivity index (χ0n) is 8.93. The lowest BCUT2D eigenvalue weighted by atomic mass is 10.2. The van der Waals surface area contributed by atoms with Gasteiger partial charge in [0.05, 0.1) is 9.88 Å². The highest BCUT2D eigenvalue weighted by Gasteiger charge is 2.20. The van der Waals surface area contributed by atoms with E-state index < -0.39 is 5.97 Å². The van der Waals surface area contributed by atoms with Crippen LogP contribution in [-0.2, 0) is 0 Å². The normalized spacial score (nSPS) is 10.9. The van der Waals surface area contributed by atoms with Crippen molar-refractivity contribution in [3.8, 4) is 10.4 Å². The van der Waals surface area contributed by atoms with Gasteiger partial charge in [-0.05, 0) is 16.8 Å². The first-order valence-corrected chi connectivity index (χ1v) is 6.62. The number of nitrogens with zero attached hydrogens (tertiary/aromatic N) is 1. The minimum atomic E-state index is -0.954. The Labute approximate surface area is 101 Å². The molecule has 1 N–H and O–H groups in total. The molecule has 0 aliphatic carbocycles. The summed E-state index contributed by atoms with van der Waals surface area (Å²) in [7, 11) is 0. The molecule has 5 heteroatoms. The van der Waals surface area contributed by atoms with Gasteiger partial charge in [-0.15, -0.1) is 11.3 Å². The van der Waals surface area contributed by atoms with Crippen molar-refractivity contribution in [1.82, 2.24) is 4.98 Å². The number of aromatic nitrogens is 1. The molecule has 0 bridgehead atoms. The number of thiophene rings is 1. The SMILES string of the molecule is CC(C)c1nc(C(=O)O)c(-c2ccsc2)s1. The highest BCUT2D eigenvalue weighted by molar-refractivity contribution is 7.16. The van der Waals surface area contributed by atoms with E-state index in [1.165, 1.54) is 11.3 Å². The van der Waals surface area contributed by atoms with Crippen LogP contribution in [0.4, 0.5) is 0 Å². The molecule has 2 aromatic rings. The van der Waals surface area contributed by atoms with Crippen molar-refractivity contribution in [2.45, 2.75) is 19.8 Å². The van der Waals surface area contributed by atoms with E-state index in [2.05, 4.69) is 4.98 Å². The van der Waals surface area contributed by atoms with Gasteiger partial charge in [0.1, 0.15) is 0 Å². The summed E-state index contributed by atoms with van der Waals surface area (Å²) in [5.41, 5.74) is 1.12. The first-order chi connectivity index (χ1) is 7.59. The molecule has 2 heterocycles. The Hall–Kier alpha value is -1.20. The molecule has 0 saturated heterocycles. The molecule has 0 atom stereocenters. The van der Waals surface area contributed by atoms with Crippen molar-refractivity contribution in [1.29, 1.82) is 0 Å². The Morgan fingerprint density at radius 2 is 2.25 bits per heavy atom. The molecule has 0 spiro atoms. The third kappa shape index (κ3) is 2.01. The second kappa shape index (κ2) is 4.35. The van der Waals surface area contributed by atoms with Crippen molar-refractivity contribution in [2.75, 3.05) is 0 Å².